The van der Waals surface area contributed by atoms with E-state index in [1.54, 1.807) is 12.1 Å². The zero-order chi connectivity index (χ0) is 17.6. The molecule has 0 saturated carbocycles. The van der Waals surface area contributed by atoms with E-state index in [0.29, 0.717) is 17.6 Å². The van der Waals surface area contributed by atoms with Gasteiger partial charge in [0.1, 0.15) is 5.75 Å². The van der Waals surface area contributed by atoms with Gasteiger partial charge in [-0.15, -0.1) is 0 Å². The summed E-state index contributed by atoms with van der Waals surface area (Å²) in [4.78, 5) is 0. The van der Waals surface area contributed by atoms with Crippen molar-refractivity contribution in [2.24, 2.45) is 0 Å². The van der Waals surface area contributed by atoms with Crippen LogP contribution in [-0.2, 0) is 0 Å². The Kier molecular flexibility index (Phi) is 5.55. The molecule has 0 aliphatic carbocycles. The van der Waals surface area contributed by atoms with Crippen LogP contribution >= 0.6 is 0 Å². The van der Waals surface area contributed by atoms with Gasteiger partial charge in [0, 0.05) is 0 Å². The maximum Gasteiger partial charge on any atom is 0.115 e. The topological polar surface area (TPSA) is 20.2 Å². The van der Waals surface area contributed by atoms with Gasteiger partial charge < -0.3 is 5.11 Å². The molecule has 0 bridgehead atoms. The Morgan fingerprint density at radius 2 is 1.04 bits per heavy atom. The summed E-state index contributed by atoms with van der Waals surface area (Å²) in [5.74, 6) is 1.28. The van der Waals surface area contributed by atoms with Crippen molar-refractivity contribution in [3.8, 4) is 16.9 Å². The standard InChI is InChI=1S/C24H26O/c1-3-23(24(4-2)21-14-16-22(25)17-15-21)20-12-10-19(11-13-20)18-8-6-5-7-9-18/h5-17,23-25H,3-4H2,1-2H3. The first-order valence-electron chi connectivity index (χ1n) is 9.17. The van der Waals surface area contributed by atoms with Crippen LogP contribution in [0, 0.1) is 0 Å². The van der Waals surface area contributed by atoms with Crippen LogP contribution in [0.25, 0.3) is 11.1 Å². The molecular formula is C24H26O. The summed E-state index contributed by atoms with van der Waals surface area (Å²) in [6, 6.07) is 27.2. The lowest BCUT2D eigenvalue weighted by atomic mass is 9.78. The molecule has 0 radical (unpaired) electrons. The largest absolute Gasteiger partial charge is 0.508 e. The Labute approximate surface area is 151 Å². The molecule has 0 spiro atoms. The van der Waals surface area contributed by atoms with Gasteiger partial charge in [0.15, 0.2) is 0 Å². The van der Waals surface area contributed by atoms with Crippen molar-refractivity contribution in [3.63, 3.8) is 0 Å². The Bertz CT molecular complexity index is 773. The molecule has 0 fully saturated rings. The smallest absolute Gasteiger partial charge is 0.115 e. The SMILES string of the molecule is CCC(c1ccc(O)cc1)C(CC)c1ccc(-c2ccccc2)cc1. The zero-order valence-corrected chi connectivity index (χ0v) is 15.0. The van der Waals surface area contributed by atoms with E-state index in [-0.39, 0.29) is 0 Å². The van der Waals surface area contributed by atoms with Crippen molar-refractivity contribution < 1.29 is 5.11 Å². The van der Waals surface area contributed by atoms with Gasteiger partial charge in [-0.2, -0.15) is 0 Å². The van der Waals surface area contributed by atoms with Crippen LogP contribution in [0.1, 0.15) is 49.7 Å². The maximum absolute atomic E-state index is 9.56. The van der Waals surface area contributed by atoms with Gasteiger partial charge in [0.2, 0.25) is 0 Å². The van der Waals surface area contributed by atoms with Crippen molar-refractivity contribution in [1.29, 1.82) is 0 Å². The normalized spacial score (nSPS) is 13.4. The van der Waals surface area contributed by atoms with Crippen LogP contribution in [0.15, 0.2) is 78.9 Å². The minimum Gasteiger partial charge on any atom is -0.508 e. The minimum absolute atomic E-state index is 0.332. The van der Waals surface area contributed by atoms with Crippen molar-refractivity contribution in [3.05, 3.63) is 90.0 Å². The number of aromatic hydroxyl groups is 1. The van der Waals surface area contributed by atoms with Gasteiger partial charge in [-0.1, -0.05) is 80.6 Å². The molecule has 2 atom stereocenters. The predicted octanol–water partition coefficient (Wildman–Crippen LogP) is 6.75. The fraction of sp³-hybridized carbons (Fsp3) is 0.250. The molecule has 3 rings (SSSR count). The molecule has 0 heterocycles. The summed E-state index contributed by atoms with van der Waals surface area (Å²) in [6.07, 6.45) is 2.19. The first kappa shape index (κ1) is 17.3. The summed E-state index contributed by atoms with van der Waals surface area (Å²) >= 11 is 0. The van der Waals surface area contributed by atoms with Crippen LogP contribution in [-0.4, -0.2) is 5.11 Å². The monoisotopic (exact) mass is 330 g/mol. The lowest BCUT2D eigenvalue weighted by Gasteiger charge is -2.26. The molecule has 1 heteroatoms. The molecule has 25 heavy (non-hydrogen) atoms. The van der Waals surface area contributed by atoms with Crippen molar-refractivity contribution in [2.75, 3.05) is 0 Å². The molecular weight excluding hydrogens is 304 g/mol. The van der Waals surface area contributed by atoms with Crippen molar-refractivity contribution >= 4 is 0 Å². The van der Waals surface area contributed by atoms with E-state index in [1.165, 1.54) is 22.3 Å². The third-order valence-electron chi connectivity index (χ3n) is 5.13. The highest BCUT2D eigenvalue weighted by Crippen LogP contribution is 2.38. The van der Waals surface area contributed by atoms with E-state index < -0.39 is 0 Å². The molecule has 3 aromatic carbocycles. The zero-order valence-electron chi connectivity index (χ0n) is 15.0. The number of phenols is 1. The number of benzene rings is 3. The van der Waals surface area contributed by atoms with Crippen molar-refractivity contribution in [1.82, 2.24) is 0 Å². The van der Waals surface area contributed by atoms with Gasteiger partial charge in [-0.25, -0.2) is 0 Å². The van der Waals surface area contributed by atoms with Crippen LogP contribution in [0.4, 0.5) is 0 Å². The van der Waals surface area contributed by atoms with E-state index in [0.717, 1.165) is 12.8 Å². The molecule has 0 aliphatic rings. The summed E-state index contributed by atoms with van der Waals surface area (Å²) < 4.78 is 0. The third kappa shape index (κ3) is 3.93. The Balaban J connectivity index is 1.88. The molecule has 1 nitrogen and oxygen atoms in total. The number of rotatable bonds is 6. The number of phenolic OH excluding ortho intramolecular Hbond substituents is 1. The summed E-state index contributed by atoms with van der Waals surface area (Å²) in [7, 11) is 0. The second-order valence-corrected chi connectivity index (χ2v) is 6.61. The summed E-state index contributed by atoms with van der Waals surface area (Å²) in [5, 5.41) is 9.56. The highest BCUT2D eigenvalue weighted by molar-refractivity contribution is 5.63. The van der Waals surface area contributed by atoms with Crippen LogP contribution in [0.5, 0.6) is 5.75 Å². The third-order valence-corrected chi connectivity index (χ3v) is 5.13. The lowest BCUT2D eigenvalue weighted by Crippen LogP contribution is -2.10. The minimum atomic E-state index is 0.332. The van der Waals surface area contributed by atoms with E-state index >= 15 is 0 Å². The number of hydrogen-bond donors (Lipinski definition) is 1. The molecule has 0 aliphatic heterocycles. The Morgan fingerprint density at radius 1 is 0.600 bits per heavy atom. The van der Waals surface area contributed by atoms with E-state index in [9.17, 15) is 5.11 Å². The highest BCUT2D eigenvalue weighted by atomic mass is 16.3. The molecule has 0 amide bonds. The first-order chi connectivity index (χ1) is 12.2. The molecule has 0 saturated heterocycles. The summed E-state index contributed by atoms with van der Waals surface area (Å²) in [5.41, 5.74) is 5.21. The quantitative estimate of drug-likeness (QED) is 0.530. The molecule has 2 unspecified atom stereocenters. The van der Waals surface area contributed by atoms with Gasteiger partial charge in [-0.05, 0) is 59.1 Å². The fourth-order valence-electron chi connectivity index (χ4n) is 3.78. The van der Waals surface area contributed by atoms with Crippen molar-refractivity contribution in [2.45, 2.75) is 38.5 Å². The lowest BCUT2D eigenvalue weighted by molar-refractivity contribution is 0.473. The second kappa shape index (κ2) is 8.02. The van der Waals surface area contributed by atoms with Crippen LogP contribution in [0.2, 0.25) is 0 Å². The average molecular weight is 330 g/mol. The highest BCUT2D eigenvalue weighted by Gasteiger charge is 2.22. The Hall–Kier alpha value is -2.54. The average Bonchev–Trinajstić information content (AvgIpc) is 2.68. The maximum atomic E-state index is 9.56. The summed E-state index contributed by atoms with van der Waals surface area (Å²) in [6.45, 7) is 4.51. The molecule has 3 aromatic rings. The first-order valence-corrected chi connectivity index (χ1v) is 9.17. The fourth-order valence-corrected chi connectivity index (χ4v) is 3.78. The van der Waals surface area contributed by atoms with Gasteiger partial charge >= 0.3 is 0 Å². The van der Waals surface area contributed by atoms with E-state index in [2.05, 4.69) is 80.6 Å². The van der Waals surface area contributed by atoms with E-state index in [4.69, 9.17) is 0 Å². The predicted molar refractivity (Wildman–Crippen MR) is 106 cm³/mol. The van der Waals surface area contributed by atoms with Crippen LogP contribution < -0.4 is 0 Å². The molecule has 0 aromatic heterocycles. The molecule has 128 valence electrons. The van der Waals surface area contributed by atoms with Gasteiger partial charge in [0.25, 0.3) is 0 Å². The van der Waals surface area contributed by atoms with Crippen LogP contribution in [0.3, 0.4) is 0 Å². The number of hydrogen-bond acceptors (Lipinski definition) is 1. The van der Waals surface area contributed by atoms with E-state index in [1.807, 2.05) is 0 Å². The van der Waals surface area contributed by atoms with Gasteiger partial charge in [-0.3, -0.25) is 0 Å². The molecule has 1 N–H and O–H groups in total. The second-order valence-electron chi connectivity index (χ2n) is 6.61. The Morgan fingerprint density at radius 3 is 1.52 bits per heavy atom. The van der Waals surface area contributed by atoms with Gasteiger partial charge in [0.05, 0.1) is 0 Å².